The molecule has 39 heavy (non-hydrogen) atoms. The molecule has 5 unspecified atom stereocenters. The van der Waals surface area contributed by atoms with Crippen molar-refractivity contribution in [2.45, 2.75) is 43.6 Å². The van der Waals surface area contributed by atoms with Crippen LogP contribution in [0.1, 0.15) is 59.8 Å². The predicted molar refractivity (Wildman–Crippen MR) is 142 cm³/mol. The van der Waals surface area contributed by atoms with Crippen molar-refractivity contribution in [3.8, 4) is 0 Å². The van der Waals surface area contributed by atoms with Crippen LogP contribution in [0.5, 0.6) is 0 Å². The summed E-state index contributed by atoms with van der Waals surface area (Å²) in [6, 6.07) is 16.9. The Balaban J connectivity index is 1.70. The third-order valence-electron chi connectivity index (χ3n) is 8.28. The molecule has 5 atom stereocenters. The van der Waals surface area contributed by atoms with E-state index in [0.717, 1.165) is 5.56 Å². The Hall–Kier alpha value is -4.40. The van der Waals surface area contributed by atoms with Gasteiger partial charge in [0.25, 0.3) is 5.69 Å². The van der Waals surface area contributed by atoms with Crippen LogP contribution in [0.2, 0.25) is 0 Å². The number of carbonyl (C=O) groups is 3. The number of ether oxygens (including phenoxy) is 1. The van der Waals surface area contributed by atoms with E-state index in [0.29, 0.717) is 16.9 Å². The zero-order valence-corrected chi connectivity index (χ0v) is 22.0. The van der Waals surface area contributed by atoms with Crippen molar-refractivity contribution >= 4 is 29.0 Å². The number of aromatic nitrogens is 1. The Kier molecular flexibility index (Phi) is 5.30. The van der Waals surface area contributed by atoms with E-state index in [2.05, 4.69) is 4.98 Å². The van der Waals surface area contributed by atoms with Crippen LogP contribution in [-0.2, 0) is 19.7 Å². The summed E-state index contributed by atoms with van der Waals surface area (Å²) in [4.78, 5) is 60.2. The fourth-order valence-corrected chi connectivity index (χ4v) is 7.07. The van der Waals surface area contributed by atoms with Gasteiger partial charge in [0.05, 0.1) is 22.2 Å². The normalized spacial score (nSPS) is 26.9. The first-order valence-electron chi connectivity index (χ1n) is 12.8. The molecular formula is C30H27N3O6. The number of hydrogen-bond acceptors (Lipinski definition) is 7. The molecule has 9 nitrogen and oxygen atoms in total. The van der Waals surface area contributed by atoms with E-state index in [1.54, 1.807) is 52.2 Å². The van der Waals surface area contributed by atoms with Gasteiger partial charge in [-0.2, -0.15) is 0 Å². The fraction of sp³-hybridized carbons (Fsp3) is 0.333. The van der Waals surface area contributed by atoms with Gasteiger partial charge in [-0.05, 0) is 44.0 Å². The van der Waals surface area contributed by atoms with E-state index >= 15 is 0 Å². The Labute approximate surface area is 225 Å². The van der Waals surface area contributed by atoms with Gasteiger partial charge < -0.3 is 9.64 Å². The highest BCUT2D eigenvalue weighted by molar-refractivity contribution is 6.14. The summed E-state index contributed by atoms with van der Waals surface area (Å²) in [7, 11) is 1.65. The molecule has 1 saturated carbocycles. The molecule has 0 radical (unpaired) electrons. The van der Waals surface area contributed by atoms with Crippen LogP contribution in [0, 0.1) is 22.0 Å². The maximum absolute atomic E-state index is 14.5. The lowest BCUT2D eigenvalue weighted by Gasteiger charge is -2.37. The van der Waals surface area contributed by atoms with Gasteiger partial charge in [-0.1, -0.05) is 36.4 Å². The van der Waals surface area contributed by atoms with Gasteiger partial charge in [-0.3, -0.25) is 29.5 Å². The molecule has 0 saturated heterocycles. The highest BCUT2D eigenvalue weighted by atomic mass is 16.6. The van der Waals surface area contributed by atoms with Gasteiger partial charge >= 0.3 is 5.97 Å². The summed E-state index contributed by atoms with van der Waals surface area (Å²) in [6.45, 7) is 5.26. The number of pyridine rings is 1. The Morgan fingerprint density at radius 3 is 2.44 bits per heavy atom. The van der Waals surface area contributed by atoms with E-state index in [1.807, 2.05) is 30.3 Å². The average Bonchev–Trinajstić information content (AvgIpc) is 3.44. The maximum atomic E-state index is 14.5. The third-order valence-corrected chi connectivity index (χ3v) is 8.28. The van der Waals surface area contributed by atoms with Crippen molar-refractivity contribution in [3.63, 3.8) is 0 Å². The first kappa shape index (κ1) is 24.9. The second-order valence-electron chi connectivity index (χ2n) is 11.4. The number of Topliss-reactive ketones (excluding diaryl/α,β-unsaturated/α-hetero) is 1. The molecule has 2 aliphatic carbocycles. The first-order chi connectivity index (χ1) is 18.5. The minimum Gasteiger partial charge on any atom is -0.460 e. The SMILES string of the molecule is CN1C(=O)C2(c3ncccc31)C(C(=O)OC(C)(C)C)C1c3ccc([N+](=O)[O-])cc3C(=O)C1C2c1ccccc1. The smallest absolute Gasteiger partial charge is 0.311 e. The third kappa shape index (κ3) is 3.32. The van der Waals surface area contributed by atoms with E-state index in [9.17, 15) is 24.5 Å². The first-order valence-corrected chi connectivity index (χ1v) is 12.8. The summed E-state index contributed by atoms with van der Waals surface area (Å²) in [5.41, 5.74) is -0.117. The molecule has 3 aliphatic rings. The van der Waals surface area contributed by atoms with Crippen LogP contribution >= 0.6 is 0 Å². The van der Waals surface area contributed by atoms with Gasteiger partial charge in [-0.25, -0.2) is 0 Å². The standard InChI is InChI=1S/C30H27N3O6/c1-29(2,3)39-27(35)24-21-18-13-12-17(33(37)38)15-19(18)25(34)22(21)23(16-9-6-5-7-10-16)30(24)26-20(11-8-14-31-26)32(4)28(30)36/h5-15,21-24H,1-4H3. The topological polar surface area (TPSA) is 120 Å². The van der Waals surface area contributed by atoms with Crippen LogP contribution in [0.4, 0.5) is 11.4 Å². The number of esters is 1. The minimum absolute atomic E-state index is 0.203. The van der Waals surface area contributed by atoms with E-state index in [4.69, 9.17) is 4.74 Å². The van der Waals surface area contributed by atoms with Crippen LogP contribution < -0.4 is 4.90 Å². The van der Waals surface area contributed by atoms with Crippen LogP contribution in [0.15, 0.2) is 66.9 Å². The Morgan fingerprint density at radius 2 is 1.77 bits per heavy atom. The molecule has 9 heteroatoms. The summed E-state index contributed by atoms with van der Waals surface area (Å²) in [5.74, 6) is -4.67. The molecular weight excluding hydrogens is 498 g/mol. The lowest BCUT2D eigenvalue weighted by Crippen LogP contribution is -2.50. The Bertz CT molecular complexity index is 1560. The molecule has 1 aromatic heterocycles. The van der Waals surface area contributed by atoms with Gasteiger partial charge in [0.1, 0.15) is 11.0 Å². The summed E-state index contributed by atoms with van der Waals surface area (Å²) >= 11 is 0. The highest BCUT2D eigenvalue weighted by Crippen LogP contribution is 2.69. The van der Waals surface area contributed by atoms with E-state index in [1.165, 1.54) is 17.0 Å². The highest BCUT2D eigenvalue weighted by Gasteiger charge is 2.75. The van der Waals surface area contributed by atoms with Crippen LogP contribution in [0.25, 0.3) is 0 Å². The van der Waals surface area contributed by atoms with Crippen molar-refractivity contribution in [2.24, 2.45) is 11.8 Å². The van der Waals surface area contributed by atoms with E-state index in [-0.39, 0.29) is 22.9 Å². The average molecular weight is 526 g/mol. The molecule has 198 valence electrons. The molecule has 3 aromatic rings. The lowest BCUT2D eigenvalue weighted by atomic mass is 9.64. The van der Waals surface area contributed by atoms with Crippen molar-refractivity contribution in [1.82, 2.24) is 4.98 Å². The van der Waals surface area contributed by atoms with Gasteiger partial charge in [0.2, 0.25) is 5.91 Å². The molecule has 1 fully saturated rings. The molecule has 2 aromatic carbocycles. The Morgan fingerprint density at radius 1 is 1.05 bits per heavy atom. The number of amides is 1. The number of hydrogen-bond donors (Lipinski definition) is 0. The molecule has 1 aliphatic heterocycles. The number of nitro benzene ring substituents is 1. The van der Waals surface area contributed by atoms with Crippen molar-refractivity contribution in [1.29, 1.82) is 0 Å². The second kappa shape index (κ2) is 8.30. The number of likely N-dealkylation sites (N-methyl/N-ethyl adjacent to an activating group) is 1. The number of fused-ring (bicyclic) bond motifs is 5. The number of carbonyl (C=O) groups excluding carboxylic acids is 3. The van der Waals surface area contributed by atoms with Crippen LogP contribution in [-0.4, -0.2) is 40.2 Å². The van der Waals surface area contributed by atoms with E-state index < -0.39 is 45.6 Å². The van der Waals surface area contributed by atoms with Crippen molar-refractivity contribution in [2.75, 3.05) is 11.9 Å². The zero-order valence-electron chi connectivity index (χ0n) is 22.0. The summed E-state index contributed by atoms with van der Waals surface area (Å²) in [5, 5.41) is 11.6. The number of benzene rings is 2. The number of non-ortho nitro benzene ring substituents is 1. The van der Waals surface area contributed by atoms with Crippen molar-refractivity contribution < 1.29 is 24.0 Å². The lowest BCUT2D eigenvalue weighted by molar-refractivity contribution is -0.384. The number of nitro groups is 1. The summed E-state index contributed by atoms with van der Waals surface area (Å²) < 4.78 is 5.95. The largest absolute Gasteiger partial charge is 0.460 e. The van der Waals surface area contributed by atoms with Gasteiger partial charge in [-0.15, -0.1) is 0 Å². The number of ketones is 1. The van der Waals surface area contributed by atoms with Crippen LogP contribution in [0.3, 0.4) is 0 Å². The molecule has 0 bridgehead atoms. The molecule has 2 heterocycles. The molecule has 6 rings (SSSR count). The van der Waals surface area contributed by atoms with Crippen molar-refractivity contribution in [3.05, 3.63) is 99.4 Å². The number of nitrogens with zero attached hydrogens (tertiary/aromatic N) is 3. The number of anilines is 1. The molecule has 0 N–H and O–H groups in total. The molecule has 1 spiro atoms. The quantitative estimate of drug-likeness (QED) is 0.279. The van der Waals surface area contributed by atoms with Gasteiger partial charge in [0, 0.05) is 48.7 Å². The summed E-state index contributed by atoms with van der Waals surface area (Å²) in [6.07, 6.45) is 1.59. The zero-order chi connectivity index (χ0) is 27.9. The monoisotopic (exact) mass is 525 g/mol. The number of rotatable bonds is 3. The minimum atomic E-state index is -1.51. The second-order valence-corrected chi connectivity index (χ2v) is 11.4. The van der Waals surface area contributed by atoms with Gasteiger partial charge in [0.15, 0.2) is 5.78 Å². The molecule has 1 amide bonds. The maximum Gasteiger partial charge on any atom is 0.311 e. The predicted octanol–water partition coefficient (Wildman–Crippen LogP) is 4.56. The fourth-order valence-electron chi connectivity index (χ4n) is 7.07.